The van der Waals surface area contributed by atoms with Crippen molar-refractivity contribution < 1.29 is 18.1 Å². The second kappa shape index (κ2) is 7.45. The highest BCUT2D eigenvalue weighted by Crippen LogP contribution is 2.27. The van der Waals surface area contributed by atoms with E-state index < -0.39 is 20.4 Å². The molecular weight excluding hydrogens is 334 g/mol. The molecular formula is C15H23N3O5S. The summed E-state index contributed by atoms with van der Waals surface area (Å²) in [6, 6.07) is 4.62. The fourth-order valence-corrected chi connectivity index (χ4v) is 3.71. The first-order chi connectivity index (χ1) is 11.2. The van der Waals surface area contributed by atoms with E-state index in [9.17, 15) is 18.5 Å². The molecule has 134 valence electrons. The van der Waals surface area contributed by atoms with E-state index in [0.717, 1.165) is 12.8 Å². The summed E-state index contributed by atoms with van der Waals surface area (Å²) in [5.41, 5.74) is 0.145. The summed E-state index contributed by atoms with van der Waals surface area (Å²) in [6.07, 6.45) is 0.969. The molecule has 0 aromatic heterocycles. The number of morpholine rings is 1. The van der Waals surface area contributed by atoms with Gasteiger partial charge >= 0.3 is 0 Å². The molecule has 1 N–H and O–H groups in total. The maximum Gasteiger partial charge on any atom is 0.288 e. The van der Waals surface area contributed by atoms with Gasteiger partial charge in [0.25, 0.3) is 5.69 Å². The Hall–Kier alpha value is -1.71. The standard InChI is InChI=1S/C15H23N3O5S/c1-11(17-6-7-23-10-12(17)2)9-16-13-4-5-14(18(19)20)15(8-13)24(3,21)22/h4-5,8,11-12,16H,6-7,9-10H2,1-3H3. The molecule has 2 atom stereocenters. The molecule has 0 saturated carbocycles. The average molecular weight is 357 g/mol. The molecule has 0 spiro atoms. The molecule has 2 unspecified atom stereocenters. The Bertz CT molecular complexity index is 707. The molecule has 8 nitrogen and oxygen atoms in total. The predicted octanol–water partition coefficient (Wildman–Crippen LogP) is 1.52. The van der Waals surface area contributed by atoms with Crippen LogP contribution in [0, 0.1) is 10.1 Å². The Labute approximate surface area is 141 Å². The molecule has 1 fully saturated rings. The maximum absolute atomic E-state index is 11.8. The van der Waals surface area contributed by atoms with Crippen LogP contribution in [0.4, 0.5) is 11.4 Å². The second-order valence-electron chi connectivity index (χ2n) is 6.10. The van der Waals surface area contributed by atoms with Crippen LogP contribution in [0.25, 0.3) is 0 Å². The van der Waals surface area contributed by atoms with Gasteiger partial charge in [-0.15, -0.1) is 0 Å². The van der Waals surface area contributed by atoms with Crippen molar-refractivity contribution in [2.45, 2.75) is 30.8 Å². The van der Waals surface area contributed by atoms with Crippen LogP contribution in [0.15, 0.2) is 23.1 Å². The Morgan fingerprint density at radius 1 is 1.50 bits per heavy atom. The number of nitro groups is 1. The fraction of sp³-hybridized carbons (Fsp3) is 0.600. The Morgan fingerprint density at radius 3 is 2.79 bits per heavy atom. The van der Waals surface area contributed by atoms with Crippen LogP contribution in [-0.2, 0) is 14.6 Å². The van der Waals surface area contributed by atoms with Crippen molar-refractivity contribution >= 4 is 21.2 Å². The molecule has 9 heteroatoms. The van der Waals surface area contributed by atoms with Crippen molar-refractivity contribution in [1.82, 2.24) is 4.90 Å². The van der Waals surface area contributed by atoms with E-state index in [2.05, 4.69) is 24.1 Å². The third-order valence-corrected chi connectivity index (χ3v) is 5.27. The molecule has 1 saturated heterocycles. The molecule has 1 aliphatic heterocycles. The molecule has 0 amide bonds. The highest BCUT2D eigenvalue weighted by molar-refractivity contribution is 7.90. The van der Waals surface area contributed by atoms with Crippen molar-refractivity contribution in [3.05, 3.63) is 28.3 Å². The fourth-order valence-electron chi connectivity index (χ4n) is 2.85. The van der Waals surface area contributed by atoms with E-state index in [0.29, 0.717) is 31.5 Å². The van der Waals surface area contributed by atoms with Crippen LogP contribution >= 0.6 is 0 Å². The van der Waals surface area contributed by atoms with E-state index >= 15 is 0 Å². The zero-order chi connectivity index (χ0) is 17.9. The van der Waals surface area contributed by atoms with Gasteiger partial charge in [-0.1, -0.05) is 0 Å². The van der Waals surface area contributed by atoms with Crippen LogP contribution in [0.2, 0.25) is 0 Å². The minimum Gasteiger partial charge on any atom is -0.383 e. The van der Waals surface area contributed by atoms with Gasteiger partial charge in [0.2, 0.25) is 0 Å². The van der Waals surface area contributed by atoms with E-state index in [1.165, 1.54) is 18.2 Å². The SMILES string of the molecule is CC(CNc1ccc([N+](=O)[O-])c(S(C)(=O)=O)c1)N1CCOCC1C. The second-order valence-corrected chi connectivity index (χ2v) is 8.09. The summed E-state index contributed by atoms with van der Waals surface area (Å²) >= 11 is 0. The van der Waals surface area contributed by atoms with Gasteiger partial charge in [0.1, 0.15) is 4.90 Å². The van der Waals surface area contributed by atoms with Gasteiger partial charge < -0.3 is 10.1 Å². The first-order valence-corrected chi connectivity index (χ1v) is 9.65. The highest BCUT2D eigenvalue weighted by atomic mass is 32.2. The molecule has 24 heavy (non-hydrogen) atoms. The quantitative estimate of drug-likeness (QED) is 0.608. The van der Waals surface area contributed by atoms with Crippen LogP contribution in [0.5, 0.6) is 0 Å². The van der Waals surface area contributed by atoms with Gasteiger partial charge in [-0.3, -0.25) is 15.0 Å². The van der Waals surface area contributed by atoms with Crippen LogP contribution in [-0.4, -0.2) is 62.9 Å². The molecule has 0 bridgehead atoms. The van der Waals surface area contributed by atoms with Crippen molar-refractivity contribution in [2.24, 2.45) is 0 Å². The molecule has 1 aromatic carbocycles. The lowest BCUT2D eigenvalue weighted by Crippen LogP contribution is -2.50. The monoisotopic (exact) mass is 357 g/mol. The summed E-state index contributed by atoms with van der Waals surface area (Å²) < 4.78 is 29.0. The van der Waals surface area contributed by atoms with Crippen LogP contribution in [0.3, 0.4) is 0 Å². The summed E-state index contributed by atoms with van der Waals surface area (Å²) in [5, 5.41) is 14.2. The third kappa shape index (κ3) is 4.43. The largest absolute Gasteiger partial charge is 0.383 e. The number of nitrogens with zero attached hydrogens (tertiary/aromatic N) is 2. The van der Waals surface area contributed by atoms with Crippen molar-refractivity contribution in [1.29, 1.82) is 0 Å². The highest BCUT2D eigenvalue weighted by Gasteiger charge is 2.25. The van der Waals surface area contributed by atoms with Gasteiger partial charge in [-0.25, -0.2) is 8.42 Å². The topological polar surface area (TPSA) is 102 Å². The van der Waals surface area contributed by atoms with Crippen molar-refractivity contribution in [3.8, 4) is 0 Å². The number of benzene rings is 1. The molecule has 0 radical (unpaired) electrons. The first-order valence-electron chi connectivity index (χ1n) is 7.76. The number of ether oxygens (including phenoxy) is 1. The minimum atomic E-state index is -3.68. The number of nitrogens with one attached hydrogen (secondary N) is 1. The number of anilines is 1. The number of sulfone groups is 1. The Kier molecular flexibility index (Phi) is 5.79. The zero-order valence-corrected chi connectivity index (χ0v) is 14.9. The van der Waals surface area contributed by atoms with E-state index in [1.54, 1.807) is 0 Å². The lowest BCUT2D eigenvalue weighted by atomic mass is 10.1. The third-order valence-electron chi connectivity index (χ3n) is 4.14. The number of nitro benzene ring substituents is 1. The van der Waals surface area contributed by atoms with E-state index in [1.807, 2.05) is 0 Å². The smallest absolute Gasteiger partial charge is 0.288 e. The number of hydrogen-bond donors (Lipinski definition) is 1. The van der Waals surface area contributed by atoms with Crippen molar-refractivity contribution in [2.75, 3.05) is 37.9 Å². The maximum atomic E-state index is 11.8. The molecule has 2 rings (SSSR count). The lowest BCUT2D eigenvalue weighted by molar-refractivity contribution is -0.387. The predicted molar refractivity (Wildman–Crippen MR) is 91.1 cm³/mol. The summed E-state index contributed by atoms with van der Waals surface area (Å²) in [4.78, 5) is 12.4. The van der Waals surface area contributed by atoms with Gasteiger partial charge in [-0.2, -0.15) is 0 Å². The van der Waals surface area contributed by atoms with E-state index in [-0.39, 0.29) is 10.9 Å². The van der Waals surface area contributed by atoms with Gasteiger partial charge in [0.05, 0.1) is 18.1 Å². The molecule has 0 aliphatic carbocycles. The normalized spacial score (nSPS) is 20.5. The van der Waals surface area contributed by atoms with Gasteiger partial charge in [0, 0.05) is 43.2 Å². The molecule has 1 heterocycles. The van der Waals surface area contributed by atoms with Gasteiger partial charge in [0.15, 0.2) is 9.84 Å². The van der Waals surface area contributed by atoms with Crippen molar-refractivity contribution in [3.63, 3.8) is 0 Å². The first kappa shape index (κ1) is 18.6. The van der Waals surface area contributed by atoms with E-state index in [4.69, 9.17) is 4.74 Å². The minimum absolute atomic E-state index is 0.223. The molecule has 1 aliphatic rings. The van der Waals surface area contributed by atoms with Gasteiger partial charge in [-0.05, 0) is 26.0 Å². The van der Waals surface area contributed by atoms with Crippen LogP contribution < -0.4 is 5.32 Å². The zero-order valence-electron chi connectivity index (χ0n) is 14.1. The number of rotatable bonds is 6. The molecule has 1 aromatic rings. The Balaban J connectivity index is 2.11. The summed E-state index contributed by atoms with van der Waals surface area (Å²) in [6.45, 7) is 7.02. The summed E-state index contributed by atoms with van der Waals surface area (Å²) in [5.74, 6) is 0. The van der Waals surface area contributed by atoms with Crippen LogP contribution in [0.1, 0.15) is 13.8 Å². The summed E-state index contributed by atoms with van der Waals surface area (Å²) in [7, 11) is -3.68. The lowest BCUT2D eigenvalue weighted by Gasteiger charge is -2.38. The number of hydrogen-bond acceptors (Lipinski definition) is 7. The Morgan fingerprint density at radius 2 is 2.21 bits per heavy atom. The average Bonchev–Trinajstić information content (AvgIpc) is 2.51.